The fraction of sp³-hybridized carbons (Fsp3) is 1.00. The Morgan fingerprint density at radius 2 is 0.245 bits per heavy atom. The van der Waals surface area contributed by atoms with Gasteiger partial charge in [-0.3, -0.25) is 0 Å². The molecule has 35 atom stereocenters. The van der Waals surface area contributed by atoms with Crippen LogP contribution in [0, 0.1) is 0 Å². The van der Waals surface area contributed by atoms with Crippen LogP contribution in [-0.4, -0.2) is 410 Å². The molecule has 0 aromatic rings. The van der Waals surface area contributed by atoms with Gasteiger partial charge >= 0.3 is 0 Å². The molecule has 21 aliphatic rings. The van der Waals surface area contributed by atoms with Crippen molar-refractivity contribution in [3.63, 3.8) is 0 Å². The third kappa shape index (κ3) is 17.8. The Morgan fingerprint density at radius 3 is 0.327 bits per heavy atom. The van der Waals surface area contributed by atoms with Crippen LogP contribution in [0.1, 0.15) is 0 Å². The molecule has 21 heterocycles. The standard InChI is InChI=1S/C63H112O35/c1-64-22-29-36-43(71-8)50(78-15)57(85-29)93-37-30(23-65-2)87-59(52(80-17)44(37)72-9)95-39-32(25-67-4)89-61(54(82-19)46(39)74-11)97-41-34(27-69-6)91-63(56(84-21)48(41)76-13)98-42-35(28-70-7)90-62(55(83-20)49(42)77-14)96-40-33(26-68-5)88-60(53(81-18)47(40)75-12)94-38-31(24-66-3)86-58(92-36)51(79-16)45(38)73-10/h29-63H,22-28H2,1-21H3/t29-,30-,31-,32-,33-,34-,35-,36+,37+,38+,39+,40+,41+,42+,43-,44-,45-,46-,47-,48-,49-,50-,51-,52-,53-,54-,55-,56-,57+,58+,59+,60+,61+,62+,63+/m0/s1. The summed E-state index contributed by atoms with van der Waals surface area (Å²) in [5.74, 6) is 0. The molecule has 14 bridgehead atoms. The van der Waals surface area contributed by atoms with E-state index in [1.165, 1.54) is 149 Å². The minimum Gasteiger partial charge on any atom is -0.382 e. The quantitative estimate of drug-likeness (QED) is 0.0861. The van der Waals surface area contributed by atoms with Crippen LogP contribution in [-0.2, 0) is 166 Å². The van der Waals surface area contributed by atoms with Crippen molar-refractivity contribution in [1.82, 2.24) is 0 Å². The Balaban J connectivity index is 1.23. The van der Waals surface area contributed by atoms with Gasteiger partial charge in [-0.1, -0.05) is 0 Å². The minimum atomic E-state index is -1.22. The Morgan fingerprint density at radius 1 is 0.143 bits per heavy atom. The zero-order chi connectivity index (χ0) is 70.9. The second kappa shape index (κ2) is 40.4. The zero-order valence-electron chi connectivity index (χ0n) is 60.4. The minimum absolute atomic E-state index is 0.0381. The van der Waals surface area contributed by atoms with E-state index in [2.05, 4.69) is 0 Å². The second-order valence-corrected chi connectivity index (χ2v) is 24.5. The van der Waals surface area contributed by atoms with Crippen LogP contribution >= 0.6 is 0 Å². The molecule has 21 aliphatic heterocycles. The van der Waals surface area contributed by atoms with Crippen LogP contribution in [0.25, 0.3) is 0 Å². The van der Waals surface area contributed by atoms with Gasteiger partial charge in [0.15, 0.2) is 44.0 Å². The van der Waals surface area contributed by atoms with Crippen molar-refractivity contribution in [2.75, 3.05) is 196 Å². The summed E-state index contributed by atoms with van der Waals surface area (Å²) < 4.78 is 226. The molecule has 21 rings (SSSR count). The predicted octanol–water partition coefficient (Wildman–Crippen LogP) is -1.49. The van der Waals surface area contributed by atoms with E-state index in [1.807, 2.05) is 0 Å². The average molecular weight is 1430 g/mol. The molecule has 0 aromatic heterocycles. The number of hydrogen-bond acceptors (Lipinski definition) is 35. The van der Waals surface area contributed by atoms with Gasteiger partial charge in [0.2, 0.25) is 0 Å². The molecule has 0 spiro atoms. The number of ether oxygens (including phenoxy) is 35. The van der Waals surface area contributed by atoms with Crippen molar-refractivity contribution >= 4 is 0 Å². The number of hydrogen-bond donors (Lipinski definition) is 0. The van der Waals surface area contributed by atoms with Crippen molar-refractivity contribution in [2.45, 2.75) is 215 Å². The summed E-state index contributed by atoms with van der Waals surface area (Å²) in [5.41, 5.74) is 0. The molecule has 0 aliphatic carbocycles. The van der Waals surface area contributed by atoms with E-state index in [0.29, 0.717) is 0 Å². The summed E-state index contributed by atoms with van der Waals surface area (Å²) >= 11 is 0. The molecule has 0 aromatic carbocycles. The van der Waals surface area contributed by atoms with Crippen LogP contribution in [0.5, 0.6) is 0 Å². The van der Waals surface area contributed by atoms with E-state index in [4.69, 9.17) is 166 Å². The van der Waals surface area contributed by atoms with Crippen LogP contribution in [0.3, 0.4) is 0 Å². The molecule has 0 unspecified atom stereocenters. The molecule has 0 saturated carbocycles. The van der Waals surface area contributed by atoms with E-state index < -0.39 is 215 Å². The topological polar surface area (TPSA) is 323 Å². The van der Waals surface area contributed by atoms with Gasteiger partial charge in [-0.05, 0) is 0 Å². The smallest absolute Gasteiger partial charge is 0.187 e. The maximum absolute atomic E-state index is 7.03. The number of methoxy groups -OCH3 is 21. The van der Waals surface area contributed by atoms with E-state index in [9.17, 15) is 0 Å². The van der Waals surface area contributed by atoms with Gasteiger partial charge in [0.25, 0.3) is 0 Å². The van der Waals surface area contributed by atoms with Crippen molar-refractivity contribution in [2.24, 2.45) is 0 Å². The van der Waals surface area contributed by atoms with Crippen molar-refractivity contribution in [3.8, 4) is 0 Å². The van der Waals surface area contributed by atoms with Gasteiger partial charge in [0, 0.05) is 149 Å². The maximum atomic E-state index is 7.03. The first-order valence-corrected chi connectivity index (χ1v) is 32.7. The van der Waals surface area contributed by atoms with Crippen LogP contribution in [0.2, 0.25) is 0 Å². The molecule has 35 heteroatoms. The van der Waals surface area contributed by atoms with Gasteiger partial charge in [0.05, 0.1) is 46.2 Å². The first-order valence-electron chi connectivity index (χ1n) is 32.7. The van der Waals surface area contributed by atoms with Crippen molar-refractivity contribution in [1.29, 1.82) is 0 Å². The molecule has 0 amide bonds. The SMILES string of the molecule is COC[C@@H]1O[C@@H]2O[C@H]3[C@H](OC)[C@H](OC)[C@@H](O[C@H]4[C@H](OC)[C@H](OC)[C@@H](O[C@H]5[C@H](OC)[C@H](OC)[C@@H](O[C@H]6[C@H](OC)[C@H](OC)[C@@H](O[C@H]7[C@H](OC)[C@H](OC)[C@@H](O[C@H]8[C@H](OC)[C@H](OC)[C@@H](O[C@H]1[C@H](OC)[C@@H]2OC)O[C@H]8COC)O[C@H]7COC)O[C@H]6COC)O[C@H]5COC)O[C@H]4COC)O[C@H]3COC. The molecule has 21 fully saturated rings. The summed E-state index contributed by atoms with van der Waals surface area (Å²) in [5, 5.41) is 0. The van der Waals surface area contributed by atoms with Crippen molar-refractivity contribution < 1.29 is 166 Å². The first-order chi connectivity index (χ1) is 47.7. The fourth-order valence-electron chi connectivity index (χ4n) is 14.9. The Hall–Kier alpha value is -1.40. The second-order valence-electron chi connectivity index (χ2n) is 24.5. The highest BCUT2D eigenvalue weighted by molar-refractivity contribution is 5.04. The molecule has 0 radical (unpaired) electrons. The van der Waals surface area contributed by atoms with Crippen molar-refractivity contribution in [3.05, 3.63) is 0 Å². The van der Waals surface area contributed by atoms with E-state index in [1.54, 1.807) is 0 Å². The van der Waals surface area contributed by atoms with E-state index >= 15 is 0 Å². The van der Waals surface area contributed by atoms with E-state index in [0.717, 1.165) is 0 Å². The Kier molecular flexibility index (Phi) is 33.9. The molecular weight excluding hydrogens is 1320 g/mol. The Bertz CT molecular complexity index is 1800. The highest BCUT2D eigenvalue weighted by atomic mass is 16.8. The Labute approximate surface area is 574 Å². The van der Waals surface area contributed by atoms with E-state index in [-0.39, 0.29) is 46.2 Å². The lowest BCUT2D eigenvalue weighted by Gasteiger charge is -2.52. The van der Waals surface area contributed by atoms with Gasteiger partial charge in [-0.15, -0.1) is 0 Å². The molecule has 0 N–H and O–H groups in total. The summed E-state index contributed by atoms with van der Waals surface area (Å²) in [6.07, 6.45) is -35.9. The van der Waals surface area contributed by atoms with Gasteiger partial charge in [0.1, 0.15) is 171 Å². The van der Waals surface area contributed by atoms with Gasteiger partial charge in [-0.2, -0.15) is 0 Å². The molecule has 574 valence electrons. The highest BCUT2D eigenvalue weighted by Gasteiger charge is 2.62. The highest BCUT2D eigenvalue weighted by Crippen LogP contribution is 2.43. The van der Waals surface area contributed by atoms with Gasteiger partial charge in [-0.25, -0.2) is 0 Å². The first kappa shape index (κ1) is 82.3. The van der Waals surface area contributed by atoms with Gasteiger partial charge < -0.3 is 166 Å². The fourth-order valence-corrected chi connectivity index (χ4v) is 14.9. The molecule has 21 saturated heterocycles. The maximum Gasteiger partial charge on any atom is 0.187 e. The summed E-state index contributed by atoms with van der Waals surface area (Å²) in [7, 11) is 31.7. The monoisotopic (exact) mass is 1430 g/mol. The van der Waals surface area contributed by atoms with Crippen LogP contribution < -0.4 is 0 Å². The normalized spacial score (nSPS) is 46.1. The lowest BCUT2D eigenvalue weighted by molar-refractivity contribution is -0.402. The average Bonchev–Trinajstić information content (AvgIpc) is 0.775. The predicted molar refractivity (Wildman–Crippen MR) is 329 cm³/mol. The largest absolute Gasteiger partial charge is 0.382 e. The number of rotatable bonds is 28. The summed E-state index contributed by atoms with van der Waals surface area (Å²) in [4.78, 5) is 0. The molecular formula is C63H112O35. The third-order valence-electron chi connectivity index (χ3n) is 19.3. The summed E-state index contributed by atoms with van der Waals surface area (Å²) in [6, 6.07) is 0. The summed E-state index contributed by atoms with van der Waals surface area (Å²) in [6.45, 7) is -0.267. The van der Waals surface area contributed by atoms with Crippen LogP contribution in [0.4, 0.5) is 0 Å². The molecule has 35 nitrogen and oxygen atoms in total. The zero-order valence-corrected chi connectivity index (χ0v) is 60.4. The molecule has 98 heavy (non-hydrogen) atoms. The van der Waals surface area contributed by atoms with Crippen LogP contribution in [0.15, 0.2) is 0 Å². The third-order valence-corrected chi connectivity index (χ3v) is 19.3. The lowest BCUT2D eigenvalue weighted by Crippen LogP contribution is -2.69. The lowest BCUT2D eigenvalue weighted by atomic mass is 9.94.